The number of anilines is 2. The molecule has 1 aliphatic heterocycles. The third-order valence-corrected chi connectivity index (χ3v) is 8.87. The van der Waals surface area contributed by atoms with Crippen LogP contribution in [0.25, 0.3) is 32.2 Å². The number of amides is 2. The fourth-order valence-electron chi connectivity index (χ4n) is 5.45. The van der Waals surface area contributed by atoms with Gasteiger partial charge in [0.2, 0.25) is 5.91 Å². The Kier molecular flexibility index (Phi) is 6.48. The van der Waals surface area contributed by atoms with Crippen LogP contribution in [-0.2, 0) is 11.3 Å². The van der Waals surface area contributed by atoms with E-state index in [1.54, 1.807) is 6.20 Å². The fourth-order valence-corrected chi connectivity index (χ4v) is 6.36. The highest BCUT2D eigenvalue weighted by Gasteiger charge is 2.30. The molecule has 1 saturated heterocycles. The molecule has 2 aliphatic rings. The van der Waals surface area contributed by atoms with Crippen molar-refractivity contribution < 1.29 is 9.59 Å². The van der Waals surface area contributed by atoms with Gasteiger partial charge in [0.25, 0.3) is 5.91 Å². The van der Waals surface area contributed by atoms with Crippen LogP contribution in [0.4, 0.5) is 10.8 Å². The first-order chi connectivity index (χ1) is 19.6. The molecule has 40 heavy (non-hydrogen) atoms. The number of hydrogen-bond donors (Lipinski definition) is 3. The average Bonchev–Trinajstić information content (AvgIpc) is 3.64. The molecule has 202 valence electrons. The molecule has 3 aromatic carbocycles. The summed E-state index contributed by atoms with van der Waals surface area (Å²) >= 11 is 1.49. The van der Waals surface area contributed by atoms with E-state index in [9.17, 15) is 9.59 Å². The average molecular weight is 550 g/mol. The molecule has 3 N–H and O–H groups in total. The number of benzene rings is 3. The van der Waals surface area contributed by atoms with Gasteiger partial charge in [0, 0.05) is 48.3 Å². The van der Waals surface area contributed by atoms with E-state index in [0.29, 0.717) is 17.2 Å². The number of nitrogens with one attached hydrogen (secondary N) is 3. The minimum atomic E-state index is -0.0996. The van der Waals surface area contributed by atoms with Crippen LogP contribution in [0.1, 0.15) is 48.0 Å². The zero-order valence-corrected chi connectivity index (χ0v) is 23.0. The lowest BCUT2D eigenvalue weighted by Gasteiger charge is -2.28. The molecule has 0 spiro atoms. The Morgan fingerprint density at radius 3 is 2.52 bits per heavy atom. The number of rotatable bonds is 7. The van der Waals surface area contributed by atoms with Crippen molar-refractivity contribution in [2.45, 2.75) is 38.6 Å². The number of carbonyl (C=O) groups is 2. The van der Waals surface area contributed by atoms with E-state index < -0.39 is 0 Å². The van der Waals surface area contributed by atoms with Crippen molar-refractivity contribution in [3.63, 3.8) is 0 Å². The number of aromatic amines is 1. The quantitative estimate of drug-likeness (QED) is 0.210. The second-order valence-electron chi connectivity index (χ2n) is 10.8. The summed E-state index contributed by atoms with van der Waals surface area (Å²) in [5.41, 5.74) is 6.82. The molecular weight excluding hydrogens is 518 g/mol. The predicted molar refractivity (Wildman–Crippen MR) is 162 cm³/mol. The van der Waals surface area contributed by atoms with Gasteiger partial charge in [-0.05, 0) is 85.2 Å². The molecule has 3 heterocycles. The van der Waals surface area contributed by atoms with Gasteiger partial charge in [0.05, 0.1) is 15.8 Å². The first-order valence-electron chi connectivity index (χ1n) is 14.1. The molecule has 0 unspecified atom stereocenters. The summed E-state index contributed by atoms with van der Waals surface area (Å²) in [5.74, 6) is 0.113. The highest BCUT2D eigenvalue weighted by molar-refractivity contribution is 7.22. The number of nitrogens with zero attached hydrogens (tertiary/aromatic N) is 2. The van der Waals surface area contributed by atoms with Crippen LogP contribution < -0.4 is 15.5 Å². The number of H-pyrrole nitrogens is 1. The maximum Gasteiger partial charge on any atom is 0.253 e. The molecule has 7 nitrogen and oxygen atoms in total. The number of fused-ring (bicyclic) bond motifs is 2. The van der Waals surface area contributed by atoms with E-state index in [4.69, 9.17) is 0 Å². The lowest BCUT2D eigenvalue weighted by atomic mass is 10.0. The Morgan fingerprint density at radius 1 is 0.950 bits per heavy atom. The summed E-state index contributed by atoms with van der Waals surface area (Å²) in [4.78, 5) is 35.6. The molecule has 2 aromatic heterocycles. The van der Waals surface area contributed by atoms with Crippen LogP contribution in [0, 0.1) is 5.92 Å². The lowest BCUT2D eigenvalue weighted by molar-refractivity contribution is -0.117. The van der Waals surface area contributed by atoms with E-state index in [1.807, 2.05) is 18.2 Å². The summed E-state index contributed by atoms with van der Waals surface area (Å²) < 4.78 is 1.02. The zero-order valence-electron chi connectivity index (χ0n) is 22.2. The van der Waals surface area contributed by atoms with Crippen LogP contribution >= 0.6 is 11.3 Å². The van der Waals surface area contributed by atoms with Crippen molar-refractivity contribution in [3.8, 4) is 11.1 Å². The Bertz CT molecular complexity index is 1710. The monoisotopic (exact) mass is 549 g/mol. The summed E-state index contributed by atoms with van der Waals surface area (Å²) in [6.45, 7) is 2.72. The minimum absolute atomic E-state index is 0.0671. The Labute approximate surface area is 236 Å². The normalized spacial score (nSPS) is 15.4. The molecule has 2 amide bonds. The van der Waals surface area contributed by atoms with E-state index in [2.05, 4.69) is 68.0 Å². The summed E-state index contributed by atoms with van der Waals surface area (Å²) in [7, 11) is 0. The topological polar surface area (TPSA) is 90.1 Å². The summed E-state index contributed by atoms with van der Waals surface area (Å²) in [6, 6.07) is 20.8. The van der Waals surface area contributed by atoms with Crippen LogP contribution in [0.15, 0.2) is 66.9 Å². The van der Waals surface area contributed by atoms with Gasteiger partial charge < -0.3 is 20.5 Å². The van der Waals surface area contributed by atoms with E-state index in [0.717, 1.165) is 63.7 Å². The zero-order chi connectivity index (χ0) is 27.1. The SMILES string of the molecule is O=C(NCc1ccc(N2CCCCC2)cc1)c1c[nH]c2ccc(-c3ccc4nc(NC(=O)C5CC5)sc4c3)cc12. The molecule has 0 radical (unpaired) electrons. The van der Waals surface area contributed by atoms with E-state index in [1.165, 1.54) is 36.3 Å². The number of piperidine rings is 1. The van der Waals surface area contributed by atoms with Crippen molar-refractivity contribution in [2.75, 3.05) is 23.3 Å². The summed E-state index contributed by atoms with van der Waals surface area (Å²) in [5, 5.41) is 7.58. The van der Waals surface area contributed by atoms with Gasteiger partial charge in [-0.3, -0.25) is 9.59 Å². The predicted octanol–water partition coefficient (Wildman–Crippen LogP) is 6.71. The van der Waals surface area contributed by atoms with Gasteiger partial charge in [0.1, 0.15) is 0 Å². The van der Waals surface area contributed by atoms with Gasteiger partial charge in [-0.2, -0.15) is 0 Å². The molecule has 2 fully saturated rings. The molecule has 8 heteroatoms. The van der Waals surface area contributed by atoms with Gasteiger partial charge in [-0.25, -0.2) is 4.98 Å². The van der Waals surface area contributed by atoms with Crippen molar-refractivity contribution >= 4 is 55.1 Å². The second-order valence-corrected chi connectivity index (χ2v) is 11.9. The van der Waals surface area contributed by atoms with E-state index in [-0.39, 0.29) is 17.7 Å². The minimum Gasteiger partial charge on any atom is -0.372 e. The highest BCUT2D eigenvalue weighted by Crippen LogP contribution is 2.34. The van der Waals surface area contributed by atoms with Crippen molar-refractivity contribution in [2.24, 2.45) is 5.92 Å². The number of hydrogen-bond acceptors (Lipinski definition) is 5. The van der Waals surface area contributed by atoms with Crippen LogP contribution in [-0.4, -0.2) is 34.9 Å². The molecule has 0 atom stereocenters. The summed E-state index contributed by atoms with van der Waals surface area (Å²) in [6.07, 6.45) is 7.54. The third kappa shape index (κ3) is 5.07. The second kappa shape index (κ2) is 10.4. The maximum absolute atomic E-state index is 13.2. The fraction of sp³-hybridized carbons (Fsp3) is 0.281. The van der Waals surface area contributed by atoms with Crippen LogP contribution in [0.3, 0.4) is 0 Å². The van der Waals surface area contributed by atoms with Crippen molar-refractivity contribution in [3.05, 3.63) is 78.0 Å². The van der Waals surface area contributed by atoms with Crippen LogP contribution in [0.5, 0.6) is 0 Å². The molecule has 0 bridgehead atoms. The third-order valence-electron chi connectivity index (χ3n) is 7.94. The first kappa shape index (κ1) is 24.8. The Morgan fingerprint density at radius 2 is 1.73 bits per heavy atom. The molecule has 7 rings (SSSR count). The molecule has 1 aliphatic carbocycles. The smallest absolute Gasteiger partial charge is 0.253 e. The highest BCUT2D eigenvalue weighted by atomic mass is 32.1. The molecular formula is C32H31N5O2S. The Balaban J connectivity index is 1.06. The number of thiazole rings is 1. The lowest BCUT2D eigenvalue weighted by Crippen LogP contribution is -2.29. The standard InChI is InChI=1S/C32H31N5O2S/c38-30(21-6-7-21)36-32-35-28-13-9-23(17-29(28)40-32)22-8-12-27-25(16-22)26(19-33-27)31(39)34-18-20-4-10-24(11-5-20)37-14-2-1-3-15-37/h4-5,8-13,16-17,19,21,33H,1-3,6-7,14-15,18H2,(H,34,39)(H,35,36,38). The van der Waals surface area contributed by atoms with Gasteiger partial charge in [-0.15, -0.1) is 0 Å². The number of aromatic nitrogens is 2. The van der Waals surface area contributed by atoms with Gasteiger partial charge in [0.15, 0.2) is 5.13 Å². The first-order valence-corrected chi connectivity index (χ1v) is 14.9. The Hall–Kier alpha value is -4.17. The maximum atomic E-state index is 13.2. The van der Waals surface area contributed by atoms with Crippen LogP contribution in [0.2, 0.25) is 0 Å². The van der Waals surface area contributed by atoms with E-state index >= 15 is 0 Å². The van der Waals surface area contributed by atoms with Gasteiger partial charge in [-0.1, -0.05) is 35.6 Å². The number of carbonyl (C=O) groups excluding carboxylic acids is 2. The van der Waals surface area contributed by atoms with Crippen molar-refractivity contribution in [1.82, 2.24) is 15.3 Å². The largest absolute Gasteiger partial charge is 0.372 e. The van der Waals surface area contributed by atoms with Crippen molar-refractivity contribution in [1.29, 1.82) is 0 Å². The van der Waals surface area contributed by atoms with Gasteiger partial charge >= 0.3 is 0 Å². The molecule has 5 aromatic rings. The molecule has 1 saturated carbocycles.